The van der Waals surface area contributed by atoms with Gasteiger partial charge in [0.25, 0.3) is 5.91 Å². The summed E-state index contributed by atoms with van der Waals surface area (Å²) in [5.41, 5.74) is 1.32. The van der Waals surface area contributed by atoms with Gasteiger partial charge in [0, 0.05) is 23.9 Å². The van der Waals surface area contributed by atoms with E-state index < -0.39 is 0 Å². The molecule has 0 aliphatic heterocycles. The van der Waals surface area contributed by atoms with E-state index in [-0.39, 0.29) is 5.91 Å². The molecule has 2 aromatic heterocycles. The first-order valence-electron chi connectivity index (χ1n) is 6.13. The Bertz CT molecular complexity index is 552. The van der Waals surface area contributed by atoms with E-state index in [1.165, 1.54) is 6.26 Å². The molecule has 19 heavy (non-hydrogen) atoms. The fourth-order valence-electron chi connectivity index (χ4n) is 1.61. The summed E-state index contributed by atoms with van der Waals surface area (Å²) in [6.45, 7) is 4.74. The van der Waals surface area contributed by atoms with Crippen LogP contribution < -0.4 is 10.6 Å². The van der Waals surface area contributed by atoms with Crippen molar-refractivity contribution in [3.05, 3.63) is 35.7 Å². The smallest absolute Gasteiger partial charge is 0.257 e. The topological polar surface area (TPSA) is 80.0 Å². The summed E-state index contributed by atoms with van der Waals surface area (Å²) in [5, 5.41) is 9.45. The van der Waals surface area contributed by atoms with Crippen molar-refractivity contribution in [2.45, 2.75) is 20.3 Å². The van der Waals surface area contributed by atoms with Crippen LogP contribution in [0.25, 0.3) is 0 Å². The van der Waals surface area contributed by atoms with Gasteiger partial charge >= 0.3 is 0 Å². The largest absolute Gasteiger partial charge is 0.370 e. The molecule has 2 N–H and O–H groups in total. The second-order valence-electron chi connectivity index (χ2n) is 4.15. The number of nitrogens with one attached hydrogen (secondary N) is 2. The molecule has 0 aromatic carbocycles. The number of hydrogen-bond donors (Lipinski definition) is 2. The number of aryl methyl sites for hydroxylation is 1. The minimum absolute atomic E-state index is 0.237. The fraction of sp³-hybridized carbons (Fsp3) is 0.308. The summed E-state index contributed by atoms with van der Waals surface area (Å²) in [5.74, 6) is 0.855. The molecule has 0 fully saturated rings. The van der Waals surface area contributed by atoms with E-state index in [1.54, 1.807) is 18.2 Å². The zero-order valence-corrected chi connectivity index (χ0v) is 10.9. The summed E-state index contributed by atoms with van der Waals surface area (Å²) in [6, 6.07) is 5.03. The zero-order chi connectivity index (χ0) is 13.7. The van der Waals surface area contributed by atoms with Crippen molar-refractivity contribution in [1.29, 1.82) is 0 Å². The van der Waals surface area contributed by atoms with Gasteiger partial charge in [-0.2, -0.15) is 0 Å². The number of hydrogen-bond acceptors (Lipinski definition) is 5. The minimum atomic E-state index is -0.237. The van der Waals surface area contributed by atoms with Gasteiger partial charge in [-0.05, 0) is 25.5 Å². The van der Waals surface area contributed by atoms with Gasteiger partial charge in [-0.1, -0.05) is 12.1 Å². The van der Waals surface area contributed by atoms with Crippen LogP contribution in [-0.4, -0.2) is 22.6 Å². The maximum absolute atomic E-state index is 12.0. The lowest BCUT2D eigenvalue weighted by Crippen LogP contribution is -2.13. The normalized spacial score (nSPS) is 10.2. The van der Waals surface area contributed by atoms with Crippen LogP contribution in [0.15, 0.2) is 29.0 Å². The Kier molecular flexibility index (Phi) is 4.12. The predicted molar refractivity (Wildman–Crippen MR) is 72.2 cm³/mol. The number of anilines is 2. The van der Waals surface area contributed by atoms with Gasteiger partial charge in [0.2, 0.25) is 0 Å². The molecule has 1 amide bonds. The van der Waals surface area contributed by atoms with Crippen molar-refractivity contribution < 1.29 is 9.32 Å². The van der Waals surface area contributed by atoms with Gasteiger partial charge < -0.3 is 15.2 Å². The number of aromatic nitrogens is 2. The Morgan fingerprint density at radius 2 is 2.21 bits per heavy atom. The molecule has 0 saturated heterocycles. The zero-order valence-electron chi connectivity index (χ0n) is 10.9. The molecule has 0 radical (unpaired) electrons. The van der Waals surface area contributed by atoms with Crippen LogP contribution in [0.1, 0.15) is 29.4 Å². The Morgan fingerprint density at radius 1 is 1.37 bits per heavy atom. The highest BCUT2D eigenvalue weighted by atomic mass is 16.5. The van der Waals surface area contributed by atoms with Gasteiger partial charge in [0.15, 0.2) is 5.82 Å². The first-order valence-corrected chi connectivity index (χ1v) is 6.13. The van der Waals surface area contributed by atoms with E-state index in [2.05, 4.69) is 32.2 Å². The van der Waals surface area contributed by atoms with Crippen molar-refractivity contribution in [1.82, 2.24) is 10.1 Å². The lowest BCUT2D eigenvalue weighted by atomic mass is 10.2. The SMILES string of the molecule is CCCNc1cc(C(=O)Nc2ccon2)cc(C)n1. The summed E-state index contributed by atoms with van der Waals surface area (Å²) in [7, 11) is 0. The third-order valence-electron chi connectivity index (χ3n) is 2.45. The van der Waals surface area contributed by atoms with Crippen LogP contribution in [0.5, 0.6) is 0 Å². The molecule has 0 unspecified atom stereocenters. The van der Waals surface area contributed by atoms with E-state index in [4.69, 9.17) is 0 Å². The lowest BCUT2D eigenvalue weighted by Gasteiger charge is -2.08. The molecule has 6 heteroatoms. The highest BCUT2D eigenvalue weighted by molar-refractivity contribution is 6.04. The van der Waals surface area contributed by atoms with Crippen LogP contribution >= 0.6 is 0 Å². The molecule has 0 aliphatic rings. The van der Waals surface area contributed by atoms with Crippen LogP contribution in [0.2, 0.25) is 0 Å². The quantitative estimate of drug-likeness (QED) is 0.863. The highest BCUT2D eigenvalue weighted by Crippen LogP contribution is 2.12. The number of carbonyl (C=O) groups excluding carboxylic acids is 1. The van der Waals surface area contributed by atoms with Gasteiger partial charge in [-0.15, -0.1) is 0 Å². The number of carbonyl (C=O) groups is 1. The number of rotatable bonds is 5. The Hall–Kier alpha value is -2.37. The van der Waals surface area contributed by atoms with Gasteiger partial charge in [0.05, 0.1) is 0 Å². The van der Waals surface area contributed by atoms with Crippen LogP contribution in [-0.2, 0) is 0 Å². The number of pyridine rings is 1. The summed E-state index contributed by atoms with van der Waals surface area (Å²) in [6.07, 6.45) is 2.40. The maximum Gasteiger partial charge on any atom is 0.257 e. The summed E-state index contributed by atoms with van der Waals surface area (Å²) in [4.78, 5) is 16.4. The molecule has 2 aromatic rings. The molecular formula is C13H16N4O2. The molecule has 0 aliphatic carbocycles. The van der Waals surface area contributed by atoms with Crippen molar-refractivity contribution in [3.8, 4) is 0 Å². The first kappa shape index (κ1) is 13.1. The van der Waals surface area contributed by atoms with E-state index >= 15 is 0 Å². The van der Waals surface area contributed by atoms with E-state index in [1.807, 2.05) is 6.92 Å². The van der Waals surface area contributed by atoms with Crippen molar-refractivity contribution in [2.24, 2.45) is 0 Å². The molecule has 6 nitrogen and oxygen atoms in total. The molecule has 0 bridgehead atoms. The van der Waals surface area contributed by atoms with E-state index in [0.29, 0.717) is 17.2 Å². The average Bonchev–Trinajstić information content (AvgIpc) is 2.88. The molecule has 0 saturated carbocycles. The number of amides is 1. The third kappa shape index (κ3) is 3.54. The maximum atomic E-state index is 12.0. The van der Waals surface area contributed by atoms with Crippen molar-refractivity contribution in [2.75, 3.05) is 17.2 Å². The first-order chi connectivity index (χ1) is 9.19. The Morgan fingerprint density at radius 3 is 2.89 bits per heavy atom. The second kappa shape index (κ2) is 5.99. The second-order valence-corrected chi connectivity index (χ2v) is 4.15. The van der Waals surface area contributed by atoms with Gasteiger partial charge in [-0.3, -0.25) is 4.79 Å². The molecule has 100 valence electrons. The minimum Gasteiger partial charge on any atom is -0.370 e. The Labute approximate surface area is 111 Å². The molecule has 0 atom stereocenters. The predicted octanol–water partition coefficient (Wildman–Crippen LogP) is 2.45. The van der Waals surface area contributed by atoms with E-state index in [9.17, 15) is 4.79 Å². The van der Waals surface area contributed by atoms with Crippen LogP contribution in [0.4, 0.5) is 11.6 Å². The molecule has 2 rings (SSSR count). The van der Waals surface area contributed by atoms with Gasteiger partial charge in [-0.25, -0.2) is 4.98 Å². The third-order valence-corrected chi connectivity index (χ3v) is 2.45. The van der Waals surface area contributed by atoms with Crippen LogP contribution in [0, 0.1) is 6.92 Å². The highest BCUT2D eigenvalue weighted by Gasteiger charge is 2.10. The number of nitrogens with zero attached hydrogens (tertiary/aromatic N) is 2. The summed E-state index contributed by atoms with van der Waals surface area (Å²) < 4.78 is 4.66. The molecular weight excluding hydrogens is 244 g/mol. The monoisotopic (exact) mass is 260 g/mol. The van der Waals surface area contributed by atoms with E-state index in [0.717, 1.165) is 18.7 Å². The molecule has 2 heterocycles. The van der Waals surface area contributed by atoms with Crippen LogP contribution in [0.3, 0.4) is 0 Å². The van der Waals surface area contributed by atoms with Gasteiger partial charge in [0.1, 0.15) is 12.1 Å². The lowest BCUT2D eigenvalue weighted by molar-refractivity contribution is 0.102. The fourth-order valence-corrected chi connectivity index (χ4v) is 1.61. The van der Waals surface area contributed by atoms with Crippen molar-refractivity contribution in [3.63, 3.8) is 0 Å². The Balaban J connectivity index is 2.14. The molecule has 0 spiro atoms. The standard InChI is InChI=1S/C13H16N4O2/c1-3-5-14-12-8-10(7-9(2)15-12)13(18)16-11-4-6-19-17-11/h4,6-8H,3,5H2,1-2H3,(H,14,15)(H,16,17,18). The van der Waals surface area contributed by atoms with Crippen molar-refractivity contribution >= 4 is 17.5 Å². The summed E-state index contributed by atoms with van der Waals surface area (Å²) >= 11 is 0. The average molecular weight is 260 g/mol.